The zero-order valence-electron chi connectivity index (χ0n) is 10.4. The van der Waals surface area contributed by atoms with E-state index in [0.29, 0.717) is 6.04 Å². The second-order valence-electron chi connectivity index (χ2n) is 4.95. The van der Waals surface area contributed by atoms with Crippen molar-refractivity contribution in [2.75, 3.05) is 26.7 Å². The molecule has 0 aliphatic carbocycles. The van der Waals surface area contributed by atoms with Crippen molar-refractivity contribution in [2.24, 2.45) is 0 Å². The Hall–Kier alpha value is -1.06. The fraction of sp³-hybridized carbons (Fsp3) is 0.571. The summed E-state index contributed by atoms with van der Waals surface area (Å²) in [7, 11) is 1.74. The normalized spacial score (nSPS) is 24.6. The standard InChI is InChI=1S/C14H20N2O/c1-17-12-5-4-11-9-15-10-14(13(11)8-12)16-6-2-3-7-16/h4-5,8,14-15H,2-3,6-7,9-10H2,1H3/t14-/m0/s1. The van der Waals surface area contributed by atoms with Gasteiger partial charge in [-0.2, -0.15) is 0 Å². The third kappa shape index (κ3) is 2.05. The number of methoxy groups -OCH3 is 1. The van der Waals surface area contributed by atoms with E-state index in [4.69, 9.17) is 4.74 Å². The van der Waals surface area contributed by atoms with Crippen molar-refractivity contribution in [1.82, 2.24) is 10.2 Å². The maximum Gasteiger partial charge on any atom is 0.119 e. The minimum Gasteiger partial charge on any atom is -0.497 e. The van der Waals surface area contributed by atoms with E-state index in [1.165, 1.54) is 37.1 Å². The molecule has 0 amide bonds. The van der Waals surface area contributed by atoms with Crippen LogP contribution < -0.4 is 10.1 Å². The molecule has 17 heavy (non-hydrogen) atoms. The Morgan fingerprint density at radius 2 is 2.12 bits per heavy atom. The number of likely N-dealkylation sites (tertiary alicyclic amines) is 1. The van der Waals surface area contributed by atoms with Gasteiger partial charge in [-0.15, -0.1) is 0 Å². The Balaban J connectivity index is 1.93. The summed E-state index contributed by atoms with van der Waals surface area (Å²) < 4.78 is 5.35. The molecule has 1 saturated heterocycles. The van der Waals surface area contributed by atoms with E-state index in [1.807, 2.05) is 0 Å². The Bertz CT molecular complexity index is 399. The molecule has 2 aliphatic rings. The molecule has 0 bridgehead atoms. The van der Waals surface area contributed by atoms with E-state index in [-0.39, 0.29) is 0 Å². The maximum absolute atomic E-state index is 5.35. The molecule has 0 aromatic heterocycles. The monoisotopic (exact) mass is 232 g/mol. The SMILES string of the molecule is COc1ccc2c(c1)[C@@H](N1CCCC1)CNC2. The third-order valence-electron chi connectivity index (χ3n) is 3.95. The van der Waals surface area contributed by atoms with Crippen molar-refractivity contribution < 1.29 is 4.74 Å². The van der Waals surface area contributed by atoms with Gasteiger partial charge in [0, 0.05) is 19.1 Å². The average molecular weight is 232 g/mol. The van der Waals surface area contributed by atoms with E-state index in [1.54, 1.807) is 7.11 Å². The number of rotatable bonds is 2. The van der Waals surface area contributed by atoms with Gasteiger partial charge in [-0.1, -0.05) is 6.07 Å². The van der Waals surface area contributed by atoms with E-state index < -0.39 is 0 Å². The van der Waals surface area contributed by atoms with Crippen molar-refractivity contribution in [2.45, 2.75) is 25.4 Å². The zero-order valence-corrected chi connectivity index (χ0v) is 10.4. The summed E-state index contributed by atoms with van der Waals surface area (Å²) in [5, 5.41) is 3.52. The Morgan fingerprint density at radius 3 is 2.88 bits per heavy atom. The van der Waals surface area contributed by atoms with Crippen molar-refractivity contribution in [3.05, 3.63) is 29.3 Å². The van der Waals surface area contributed by atoms with Crippen LogP contribution in [0.3, 0.4) is 0 Å². The van der Waals surface area contributed by atoms with Gasteiger partial charge in [0.25, 0.3) is 0 Å². The summed E-state index contributed by atoms with van der Waals surface area (Å²) in [6.07, 6.45) is 2.69. The molecule has 2 heterocycles. The van der Waals surface area contributed by atoms with Crippen molar-refractivity contribution >= 4 is 0 Å². The van der Waals surface area contributed by atoms with Gasteiger partial charge in [0.05, 0.1) is 7.11 Å². The number of hydrogen-bond acceptors (Lipinski definition) is 3. The first-order valence-electron chi connectivity index (χ1n) is 6.50. The molecule has 1 aromatic carbocycles. The predicted molar refractivity (Wildman–Crippen MR) is 68.2 cm³/mol. The molecule has 0 unspecified atom stereocenters. The fourth-order valence-corrected chi connectivity index (χ4v) is 3.00. The molecular weight excluding hydrogens is 212 g/mol. The summed E-state index contributed by atoms with van der Waals surface area (Å²) in [5.41, 5.74) is 2.89. The van der Waals surface area contributed by atoms with Crippen LogP contribution in [0.5, 0.6) is 5.75 Å². The lowest BCUT2D eigenvalue weighted by Gasteiger charge is -2.33. The number of nitrogens with zero attached hydrogens (tertiary/aromatic N) is 1. The molecule has 1 N–H and O–H groups in total. The van der Waals surface area contributed by atoms with Crippen LogP contribution in [0, 0.1) is 0 Å². The number of nitrogens with one attached hydrogen (secondary N) is 1. The third-order valence-corrected chi connectivity index (χ3v) is 3.95. The van der Waals surface area contributed by atoms with Crippen LogP contribution in [0.2, 0.25) is 0 Å². The van der Waals surface area contributed by atoms with Gasteiger partial charge >= 0.3 is 0 Å². The minimum atomic E-state index is 0.538. The minimum absolute atomic E-state index is 0.538. The summed E-state index contributed by atoms with van der Waals surface area (Å²) in [6.45, 7) is 4.54. The number of benzene rings is 1. The van der Waals surface area contributed by atoms with E-state index >= 15 is 0 Å². The van der Waals surface area contributed by atoms with Gasteiger partial charge in [-0.05, 0) is 49.2 Å². The van der Waals surface area contributed by atoms with Crippen LogP contribution in [0.4, 0.5) is 0 Å². The van der Waals surface area contributed by atoms with Gasteiger partial charge in [0.15, 0.2) is 0 Å². The highest BCUT2D eigenvalue weighted by Gasteiger charge is 2.27. The molecule has 3 heteroatoms. The maximum atomic E-state index is 5.35. The number of hydrogen-bond donors (Lipinski definition) is 1. The second kappa shape index (κ2) is 4.67. The fourth-order valence-electron chi connectivity index (χ4n) is 3.00. The molecule has 2 aliphatic heterocycles. The first-order valence-corrected chi connectivity index (χ1v) is 6.50. The van der Waals surface area contributed by atoms with Crippen LogP contribution in [0.15, 0.2) is 18.2 Å². The summed E-state index contributed by atoms with van der Waals surface area (Å²) in [5.74, 6) is 0.981. The summed E-state index contributed by atoms with van der Waals surface area (Å²) in [4.78, 5) is 2.60. The first kappa shape index (κ1) is 11.1. The van der Waals surface area contributed by atoms with Gasteiger partial charge in [0.2, 0.25) is 0 Å². The number of ether oxygens (including phenoxy) is 1. The quantitative estimate of drug-likeness (QED) is 0.843. The van der Waals surface area contributed by atoms with E-state index in [9.17, 15) is 0 Å². The van der Waals surface area contributed by atoms with Crippen LogP contribution in [0.1, 0.15) is 30.0 Å². The van der Waals surface area contributed by atoms with Crippen molar-refractivity contribution in [1.29, 1.82) is 0 Å². The average Bonchev–Trinajstić information content (AvgIpc) is 2.91. The lowest BCUT2D eigenvalue weighted by molar-refractivity contribution is 0.228. The van der Waals surface area contributed by atoms with Gasteiger partial charge < -0.3 is 10.1 Å². The molecule has 92 valence electrons. The molecule has 1 aromatic rings. The Labute approximate surface area is 103 Å². The molecule has 0 radical (unpaired) electrons. The predicted octanol–water partition coefficient (Wildman–Crippen LogP) is 1.94. The zero-order chi connectivity index (χ0) is 11.7. The molecule has 1 atom stereocenters. The topological polar surface area (TPSA) is 24.5 Å². The molecule has 3 rings (SSSR count). The van der Waals surface area contributed by atoms with Crippen LogP contribution in [-0.2, 0) is 6.54 Å². The van der Waals surface area contributed by atoms with E-state index in [0.717, 1.165) is 18.8 Å². The highest BCUT2D eigenvalue weighted by atomic mass is 16.5. The largest absolute Gasteiger partial charge is 0.497 e. The lowest BCUT2D eigenvalue weighted by atomic mass is 9.95. The first-order chi connectivity index (χ1) is 8.38. The molecule has 0 saturated carbocycles. The molecule has 3 nitrogen and oxygen atoms in total. The number of fused-ring (bicyclic) bond motifs is 1. The van der Waals surface area contributed by atoms with Gasteiger partial charge in [0.1, 0.15) is 5.75 Å². The lowest BCUT2D eigenvalue weighted by Crippen LogP contribution is -2.38. The van der Waals surface area contributed by atoms with Crippen molar-refractivity contribution in [3.63, 3.8) is 0 Å². The Morgan fingerprint density at radius 1 is 1.29 bits per heavy atom. The highest BCUT2D eigenvalue weighted by molar-refractivity contribution is 5.39. The van der Waals surface area contributed by atoms with Crippen LogP contribution >= 0.6 is 0 Å². The molecule has 1 fully saturated rings. The molecular formula is C14H20N2O. The van der Waals surface area contributed by atoms with Gasteiger partial charge in [-0.3, -0.25) is 4.90 Å². The summed E-state index contributed by atoms with van der Waals surface area (Å²) >= 11 is 0. The van der Waals surface area contributed by atoms with E-state index in [2.05, 4.69) is 28.4 Å². The second-order valence-corrected chi connectivity index (χ2v) is 4.95. The molecule has 0 spiro atoms. The van der Waals surface area contributed by atoms with Crippen molar-refractivity contribution in [3.8, 4) is 5.75 Å². The Kier molecular flexibility index (Phi) is 3.04. The highest BCUT2D eigenvalue weighted by Crippen LogP contribution is 2.32. The van der Waals surface area contributed by atoms with Gasteiger partial charge in [-0.25, -0.2) is 0 Å². The van der Waals surface area contributed by atoms with Crippen LogP contribution in [0.25, 0.3) is 0 Å². The van der Waals surface area contributed by atoms with Crippen LogP contribution in [-0.4, -0.2) is 31.6 Å². The smallest absolute Gasteiger partial charge is 0.119 e. The summed E-state index contributed by atoms with van der Waals surface area (Å²) in [6, 6.07) is 7.02.